The quantitative estimate of drug-likeness (QED) is 0.724. The summed E-state index contributed by atoms with van der Waals surface area (Å²) in [7, 11) is 4.02. The smallest absolute Gasteiger partial charge is 0.158 e. The summed E-state index contributed by atoms with van der Waals surface area (Å²) in [5.41, 5.74) is 7.56. The largest absolute Gasteiger partial charge is 0.396 e. The lowest BCUT2D eigenvalue weighted by Crippen LogP contribution is -2.21. The molecule has 0 aliphatic heterocycles. The molecule has 2 aromatic heterocycles. The van der Waals surface area contributed by atoms with E-state index in [0.717, 1.165) is 18.8 Å². The molecule has 0 unspecified atom stereocenters. The Hall–Kier alpha value is -2.92. The van der Waals surface area contributed by atoms with Crippen LogP contribution in [-0.2, 0) is 0 Å². The second-order valence-corrected chi connectivity index (χ2v) is 4.91. The molecule has 2 heterocycles. The van der Waals surface area contributed by atoms with Crippen LogP contribution >= 0.6 is 0 Å². The Morgan fingerprint density at radius 2 is 1.95 bits per heavy atom. The highest BCUT2D eigenvalue weighted by atomic mass is 15.1. The number of pyridine rings is 1. The molecule has 0 saturated carbocycles. The van der Waals surface area contributed by atoms with Gasteiger partial charge in [0, 0.05) is 19.2 Å². The van der Waals surface area contributed by atoms with Crippen molar-refractivity contribution in [2.45, 2.75) is 0 Å². The molecule has 0 aromatic carbocycles. The van der Waals surface area contributed by atoms with Crippen molar-refractivity contribution in [3.63, 3.8) is 0 Å². The molecule has 0 bridgehead atoms. The van der Waals surface area contributed by atoms with Crippen molar-refractivity contribution in [1.82, 2.24) is 19.9 Å². The van der Waals surface area contributed by atoms with Crippen LogP contribution < -0.4 is 16.4 Å². The van der Waals surface area contributed by atoms with Crippen LogP contribution in [0.4, 0.5) is 23.0 Å². The molecule has 0 atom stereocenters. The van der Waals surface area contributed by atoms with Gasteiger partial charge in [0.15, 0.2) is 5.69 Å². The van der Waals surface area contributed by atoms with Gasteiger partial charge in [0.1, 0.15) is 17.7 Å². The number of nitrogens with two attached hydrogens (primary N) is 1. The fourth-order valence-corrected chi connectivity index (χ4v) is 1.68. The van der Waals surface area contributed by atoms with Crippen molar-refractivity contribution < 1.29 is 0 Å². The molecule has 0 fully saturated rings. The first-order valence-corrected chi connectivity index (χ1v) is 6.72. The van der Waals surface area contributed by atoms with Crippen molar-refractivity contribution in [2.75, 3.05) is 43.6 Å². The Morgan fingerprint density at radius 3 is 2.59 bits per heavy atom. The predicted molar refractivity (Wildman–Crippen MR) is 85.7 cm³/mol. The van der Waals surface area contributed by atoms with E-state index in [1.54, 1.807) is 6.20 Å². The van der Waals surface area contributed by atoms with E-state index in [-0.39, 0.29) is 5.69 Å². The number of nitrogens with one attached hydrogen (secondary N) is 2. The maximum atomic E-state index is 8.70. The van der Waals surface area contributed by atoms with Crippen molar-refractivity contribution >= 4 is 23.0 Å². The Balaban J connectivity index is 2.06. The molecule has 0 amide bonds. The fourth-order valence-electron chi connectivity index (χ4n) is 1.68. The monoisotopic (exact) mass is 298 g/mol. The zero-order valence-electron chi connectivity index (χ0n) is 12.5. The molecule has 0 aliphatic carbocycles. The van der Waals surface area contributed by atoms with Crippen LogP contribution in [0.3, 0.4) is 0 Å². The summed E-state index contributed by atoms with van der Waals surface area (Å²) < 4.78 is 0. The lowest BCUT2D eigenvalue weighted by atomic mass is 10.3. The van der Waals surface area contributed by atoms with Crippen LogP contribution in [0.1, 0.15) is 5.69 Å². The lowest BCUT2D eigenvalue weighted by Gasteiger charge is -2.14. The molecule has 2 aromatic rings. The van der Waals surface area contributed by atoms with Crippen LogP contribution in [0.2, 0.25) is 0 Å². The minimum Gasteiger partial charge on any atom is -0.396 e. The van der Waals surface area contributed by atoms with Gasteiger partial charge in [-0.2, -0.15) is 5.26 Å². The molecule has 8 nitrogen and oxygen atoms in total. The summed E-state index contributed by atoms with van der Waals surface area (Å²) >= 11 is 0. The SMILES string of the molecule is CN(C)CCNc1cc(Nc2cnc(C#N)cn2)ncc1N. The molecule has 114 valence electrons. The van der Waals surface area contributed by atoms with Crippen LogP contribution in [0.25, 0.3) is 0 Å². The van der Waals surface area contributed by atoms with E-state index in [0.29, 0.717) is 17.3 Å². The third-order valence-electron chi connectivity index (χ3n) is 2.83. The van der Waals surface area contributed by atoms with Gasteiger partial charge < -0.3 is 21.3 Å². The molecule has 0 radical (unpaired) electrons. The third-order valence-corrected chi connectivity index (χ3v) is 2.83. The van der Waals surface area contributed by atoms with Gasteiger partial charge in [-0.15, -0.1) is 0 Å². The molecule has 2 rings (SSSR count). The highest BCUT2D eigenvalue weighted by Gasteiger charge is 2.04. The number of nitrogen functional groups attached to an aromatic ring is 1. The standard InChI is InChI=1S/C14H18N8/c1-22(2)4-3-17-12-5-13(20-8-11(12)16)21-14-9-18-10(6-15)7-19-14/h5,7-9H,3-4,16H2,1-2H3,(H2,17,19,20,21). The summed E-state index contributed by atoms with van der Waals surface area (Å²) in [5.74, 6) is 1.11. The van der Waals surface area contributed by atoms with E-state index in [9.17, 15) is 0 Å². The third kappa shape index (κ3) is 4.29. The maximum Gasteiger partial charge on any atom is 0.158 e. The van der Waals surface area contributed by atoms with Gasteiger partial charge in [-0.1, -0.05) is 0 Å². The van der Waals surface area contributed by atoms with E-state index in [4.69, 9.17) is 11.0 Å². The predicted octanol–water partition coefficient (Wildman–Crippen LogP) is 1.04. The average Bonchev–Trinajstić information content (AvgIpc) is 2.51. The van der Waals surface area contributed by atoms with Crippen molar-refractivity contribution in [1.29, 1.82) is 5.26 Å². The molecular formula is C14H18N8. The molecule has 8 heteroatoms. The molecular weight excluding hydrogens is 280 g/mol. The molecule has 0 spiro atoms. The first-order chi connectivity index (χ1) is 10.6. The van der Waals surface area contributed by atoms with Crippen LogP contribution in [-0.4, -0.2) is 47.0 Å². The van der Waals surface area contributed by atoms with Crippen molar-refractivity contribution in [2.24, 2.45) is 0 Å². The van der Waals surface area contributed by atoms with Crippen LogP contribution in [0, 0.1) is 11.3 Å². The van der Waals surface area contributed by atoms with Crippen molar-refractivity contribution in [3.8, 4) is 6.07 Å². The number of hydrogen-bond donors (Lipinski definition) is 3. The molecule has 0 saturated heterocycles. The fraction of sp³-hybridized carbons (Fsp3) is 0.286. The maximum absolute atomic E-state index is 8.70. The minimum atomic E-state index is 0.266. The average molecular weight is 298 g/mol. The van der Waals surface area contributed by atoms with Gasteiger partial charge in [-0.25, -0.2) is 15.0 Å². The normalized spacial score (nSPS) is 10.3. The number of hydrogen-bond acceptors (Lipinski definition) is 8. The first kappa shape index (κ1) is 15.5. The summed E-state index contributed by atoms with van der Waals surface area (Å²) in [6, 6.07) is 3.73. The number of anilines is 4. The highest BCUT2D eigenvalue weighted by molar-refractivity contribution is 5.70. The summed E-state index contributed by atoms with van der Waals surface area (Å²) in [4.78, 5) is 14.3. The summed E-state index contributed by atoms with van der Waals surface area (Å²) in [5, 5.41) is 15.0. The number of nitrogens with zero attached hydrogens (tertiary/aromatic N) is 5. The first-order valence-electron chi connectivity index (χ1n) is 6.72. The van der Waals surface area contributed by atoms with E-state index >= 15 is 0 Å². The number of nitriles is 1. The van der Waals surface area contributed by atoms with Gasteiger partial charge in [0.25, 0.3) is 0 Å². The van der Waals surface area contributed by atoms with Gasteiger partial charge in [0.2, 0.25) is 0 Å². The lowest BCUT2D eigenvalue weighted by molar-refractivity contribution is 0.425. The Labute approximate surface area is 129 Å². The number of likely N-dealkylation sites (N-methyl/N-ethyl adjacent to an activating group) is 1. The number of aromatic nitrogens is 3. The molecule has 4 N–H and O–H groups in total. The van der Waals surface area contributed by atoms with E-state index in [1.807, 2.05) is 26.2 Å². The van der Waals surface area contributed by atoms with Gasteiger partial charge in [0.05, 0.1) is 30.0 Å². The molecule has 22 heavy (non-hydrogen) atoms. The van der Waals surface area contributed by atoms with E-state index in [2.05, 4.69) is 30.5 Å². The van der Waals surface area contributed by atoms with E-state index < -0.39 is 0 Å². The zero-order chi connectivity index (χ0) is 15.9. The summed E-state index contributed by atoms with van der Waals surface area (Å²) in [6.45, 7) is 1.67. The van der Waals surface area contributed by atoms with Crippen LogP contribution in [0.15, 0.2) is 24.7 Å². The zero-order valence-corrected chi connectivity index (χ0v) is 12.5. The minimum absolute atomic E-state index is 0.266. The molecule has 0 aliphatic rings. The second-order valence-electron chi connectivity index (χ2n) is 4.91. The second kappa shape index (κ2) is 7.19. The Kier molecular flexibility index (Phi) is 5.06. The van der Waals surface area contributed by atoms with E-state index in [1.165, 1.54) is 12.4 Å². The van der Waals surface area contributed by atoms with Gasteiger partial charge in [-0.05, 0) is 14.1 Å². The van der Waals surface area contributed by atoms with Gasteiger partial charge in [-0.3, -0.25) is 0 Å². The van der Waals surface area contributed by atoms with Crippen LogP contribution in [0.5, 0.6) is 0 Å². The van der Waals surface area contributed by atoms with Crippen molar-refractivity contribution in [3.05, 3.63) is 30.4 Å². The summed E-state index contributed by atoms with van der Waals surface area (Å²) in [6.07, 6.45) is 4.46. The van der Waals surface area contributed by atoms with Gasteiger partial charge >= 0.3 is 0 Å². The number of rotatable bonds is 6. The highest BCUT2D eigenvalue weighted by Crippen LogP contribution is 2.22. The Morgan fingerprint density at radius 1 is 1.18 bits per heavy atom. The Bertz CT molecular complexity index is 660. The topological polar surface area (TPSA) is 116 Å².